The molecule has 0 spiro atoms. The summed E-state index contributed by atoms with van der Waals surface area (Å²) in [7, 11) is 1.67. The van der Waals surface area contributed by atoms with Crippen molar-refractivity contribution in [3.05, 3.63) is 24.0 Å². The number of pyridine rings is 1. The maximum Gasteiger partial charge on any atom is 0.224 e. The van der Waals surface area contributed by atoms with Gasteiger partial charge in [0.15, 0.2) is 0 Å². The van der Waals surface area contributed by atoms with Crippen molar-refractivity contribution in [3.63, 3.8) is 0 Å². The molecule has 3 N–H and O–H groups in total. The first-order valence-corrected chi connectivity index (χ1v) is 10.2. The number of nitrogens with one attached hydrogen (secondary N) is 2. The first-order valence-electron chi connectivity index (χ1n) is 10.2. The zero-order valence-corrected chi connectivity index (χ0v) is 17.4. The van der Waals surface area contributed by atoms with Crippen molar-refractivity contribution in [3.8, 4) is 17.0 Å². The molecule has 0 unspecified atom stereocenters. The molecule has 8 heteroatoms. The molecular weight excluding hydrogens is 370 g/mol. The molecule has 1 fully saturated rings. The van der Waals surface area contributed by atoms with Crippen LogP contribution in [0.25, 0.3) is 11.1 Å². The average molecular weight is 402 g/mol. The molecule has 29 heavy (non-hydrogen) atoms. The highest BCUT2D eigenvalue weighted by molar-refractivity contribution is 5.78. The third-order valence-corrected chi connectivity index (χ3v) is 5.14. The van der Waals surface area contributed by atoms with E-state index in [-0.39, 0.29) is 12.6 Å². The summed E-state index contributed by atoms with van der Waals surface area (Å²) in [5, 5.41) is 16.3. The van der Waals surface area contributed by atoms with Gasteiger partial charge in [0.1, 0.15) is 5.82 Å². The molecule has 0 aromatic carbocycles. The fraction of sp³-hybridized carbons (Fsp3) is 0.571. The van der Waals surface area contributed by atoms with E-state index in [0.717, 1.165) is 41.9 Å². The molecule has 158 valence electrons. The van der Waals surface area contributed by atoms with Crippen LogP contribution in [0.5, 0.6) is 5.88 Å². The minimum absolute atomic E-state index is 0.237. The highest BCUT2D eigenvalue weighted by atomic mass is 16.5. The second kappa shape index (κ2) is 10.4. The van der Waals surface area contributed by atoms with E-state index < -0.39 is 0 Å². The van der Waals surface area contributed by atoms with Crippen LogP contribution in [0, 0.1) is 12.8 Å². The number of hydrogen-bond acceptors (Lipinski definition) is 8. The summed E-state index contributed by atoms with van der Waals surface area (Å²) in [6.07, 6.45) is 4.77. The summed E-state index contributed by atoms with van der Waals surface area (Å²) in [4.78, 5) is 13.8. The Morgan fingerprint density at radius 3 is 2.76 bits per heavy atom. The van der Waals surface area contributed by atoms with Gasteiger partial charge in [-0.2, -0.15) is 4.98 Å². The number of rotatable bonds is 10. The normalized spacial score (nSPS) is 18.6. The van der Waals surface area contributed by atoms with Crippen molar-refractivity contribution in [2.24, 2.45) is 5.92 Å². The largest absolute Gasteiger partial charge is 0.478 e. The quantitative estimate of drug-likeness (QED) is 0.523. The van der Waals surface area contributed by atoms with Crippen LogP contribution in [-0.4, -0.2) is 59.6 Å². The molecule has 0 radical (unpaired) electrons. The lowest BCUT2D eigenvalue weighted by Gasteiger charge is -2.19. The summed E-state index contributed by atoms with van der Waals surface area (Å²) < 4.78 is 10.6. The standard InChI is InChI=1S/C21H31N5O3/c1-4-29-18-8-6-16(12-23-18)19-14(2)24-21(22-9-10-28-3)26-20(19)25-17-7-5-15(11-17)13-27/h6,8,12,15,17,27H,4-5,7,9-11,13H2,1-3H3,(H2,22,24,25,26)/t15-,17+/m1/s1. The zero-order chi connectivity index (χ0) is 20.6. The Hall–Kier alpha value is -2.45. The maximum atomic E-state index is 9.47. The lowest BCUT2D eigenvalue weighted by molar-refractivity contribution is 0.210. The van der Waals surface area contributed by atoms with Crippen molar-refractivity contribution >= 4 is 11.8 Å². The molecule has 8 nitrogen and oxygen atoms in total. The maximum absolute atomic E-state index is 9.47. The number of ether oxygens (including phenoxy) is 2. The topological polar surface area (TPSA) is 101 Å². The molecule has 1 saturated carbocycles. The molecule has 0 saturated heterocycles. The Morgan fingerprint density at radius 2 is 2.10 bits per heavy atom. The Labute approximate surface area is 172 Å². The van der Waals surface area contributed by atoms with Crippen molar-refractivity contribution in [1.82, 2.24) is 15.0 Å². The van der Waals surface area contributed by atoms with Crippen LogP contribution in [0.3, 0.4) is 0 Å². The van der Waals surface area contributed by atoms with Crippen LogP contribution in [0.4, 0.5) is 11.8 Å². The SMILES string of the molecule is CCOc1ccc(-c2c(C)nc(NCCOC)nc2N[C@H]2CC[C@@H](CO)C2)cn1. The van der Waals surface area contributed by atoms with E-state index in [1.54, 1.807) is 13.3 Å². The van der Waals surface area contributed by atoms with E-state index >= 15 is 0 Å². The average Bonchev–Trinajstić information content (AvgIpc) is 3.17. The van der Waals surface area contributed by atoms with E-state index in [9.17, 15) is 5.11 Å². The van der Waals surface area contributed by atoms with Gasteiger partial charge in [0.2, 0.25) is 11.8 Å². The predicted molar refractivity (Wildman–Crippen MR) is 113 cm³/mol. The lowest BCUT2D eigenvalue weighted by Crippen LogP contribution is -2.20. The molecule has 2 heterocycles. The van der Waals surface area contributed by atoms with E-state index in [0.29, 0.717) is 37.5 Å². The van der Waals surface area contributed by atoms with Gasteiger partial charge >= 0.3 is 0 Å². The number of aliphatic hydroxyl groups is 1. The molecule has 0 bridgehead atoms. The summed E-state index contributed by atoms with van der Waals surface area (Å²) in [5.41, 5.74) is 2.74. The van der Waals surface area contributed by atoms with Crippen LogP contribution < -0.4 is 15.4 Å². The van der Waals surface area contributed by atoms with Gasteiger partial charge in [-0.05, 0) is 45.1 Å². The second-order valence-corrected chi connectivity index (χ2v) is 7.30. The highest BCUT2D eigenvalue weighted by Gasteiger charge is 2.26. The summed E-state index contributed by atoms with van der Waals surface area (Å²) in [5.74, 6) is 2.31. The molecule has 0 amide bonds. The number of hydrogen-bond donors (Lipinski definition) is 3. The minimum atomic E-state index is 0.237. The molecule has 2 aromatic heterocycles. The number of nitrogens with zero attached hydrogens (tertiary/aromatic N) is 3. The number of aromatic nitrogens is 3. The van der Waals surface area contributed by atoms with E-state index in [1.165, 1.54) is 0 Å². The summed E-state index contributed by atoms with van der Waals surface area (Å²) in [6.45, 7) is 5.95. The van der Waals surface area contributed by atoms with Crippen LogP contribution in [0.15, 0.2) is 18.3 Å². The van der Waals surface area contributed by atoms with Gasteiger partial charge in [0, 0.05) is 49.7 Å². The zero-order valence-electron chi connectivity index (χ0n) is 17.4. The Kier molecular flexibility index (Phi) is 7.60. The van der Waals surface area contributed by atoms with Crippen LogP contribution in [0.2, 0.25) is 0 Å². The Morgan fingerprint density at radius 1 is 1.24 bits per heavy atom. The fourth-order valence-corrected chi connectivity index (χ4v) is 3.69. The Balaban J connectivity index is 1.90. The molecule has 2 aromatic rings. The van der Waals surface area contributed by atoms with Crippen LogP contribution >= 0.6 is 0 Å². The van der Waals surface area contributed by atoms with Crippen molar-refractivity contribution in [1.29, 1.82) is 0 Å². The molecule has 0 aliphatic heterocycles. The number of methoxy groups -OCH3 is 1. The van der Waals surface area contributed by atoms with Crippen molar-refractivity contribution in [2.45, 2.75) is 39.2 Å². The second-order valence-electron chi connectivity index (χ2n) is 7.30. The first-order chi connectivity index (χ1) is 14.1. The smallest absolute Gasteiger partial charge is 0.224 e. The molecular formula is C21H31N5O3. The lowest BCUT2D eigenvalue weighted by atomic mass is 10.1. The molecule has 1 aliphatic carbocycles. The third-order valence-electron chi connectivity index (χ3n) is 5.14. The first kappa shape index (κ1) is 21.3. The van der Waals surface area contributed by atoms with Gasteiger partial charge in [0.05, 0.1) is 18.9 Å². The van der Waals surface area contributed by atoms with E-state index in [4.69, 9.17) is 14.5 Å². The molecule has 1 aliphatic rings. The van der Waals surface area contributed by atoms with Crippen LogP contribution in [-0.2, 0) is 4.74 Å². The monoisotopic (exact) mass is 401 g/mol. The predicted octanol–water partition coefficient (Wildman–Crippen LogP) is 2.88. The van der Waals surface area contributed by atoms with Crippen LogP contribution in [0.1, 0.15) is 31.9 Å². The Bertz CT molecular complexity index is 785. The highest BCUT2D eigenvalue weighted by Crippen LogP contribution is 2.34. The van der Waals surface area contributed by atoms with E-state index in [2.05, 4.69) is 20.6 Å². The van der Waals surface area contributed by atoms with Gasteiger partial charge in [-0.3, -0.25) is 0 Å². The van der Waals surface area contributed by atoms with Gasteiger partial charge in [-0.1, -0.05) is 0 Å². The van der Waals surface area contributed by atoms with Gasteiger partial charge < -0.3 is 25.2 Å². The van der Waals surface area contributed by atoms with Crippen molar-refractivity contribution < 1.29 is 14.6 Å². The van der Waals surface area contributed by atoms with E-state index in [1.807, 2.05) is 26.0 Å². The summed E-state index contributed by atoms with van der Waals surface area (Å²) in [6, 6.07) is 4.13. The van der Waals surface area contributed by atoms with Gasteiger partial charge in [-0.25, -0.2) is 9.97 Å². The number of aliphatic hydroxyl groups excluding tert-OH is 1. The number of anilines is 2. The number of aryl methyl sites for hydroxylation is 1. The fourth-order valence-electron chi connectivity index (χ4n) is 3.69. The minimum Gasteiger partial charge on any atom is -0.478 e. The molecule has 3 rings (SSSR count). The molecule has 2 atom stereocenters. The summed E-state index contributed by atoms with van der Waals surface area (Å²) >= 11 is 0. The van der Waals surface area contributed by atoms with Gasteiger partial charge in [0.25, 0.3) is 0 Å². The third kappa shape index (κ3) is 5.55. The van der Waals surface area contributed by atoms with Crippen molar-refractivity contribution in [2.75, 3.05) is 44.1 Å². The van der Waals surface area contributed by atoms with Gasteiger partial charge in [-0.15, -0.1) is 0 Å².